The van der Waals surface area contributed by atoms with Gasteiger partial charge in [0.05, 0.1) is 18.3 Å². The summed E-state index contributed by atoms with van der Waals surface area (Å²) in [5.74, 6) is 0.792. The van der Waals surface area contributed by atoms with Crippen molar-refractivity contribution in [2.24, 2.45) is 10.4 Å². The van der Waals surface area contributed by atoms with Crippen LogP contribution in [0.5, 0.6) is 0 Å². The van der Waals surface area contributed by atoms with Crippen molar-refractivity contribution >= 4 is 27.5 Å². The summed E-state index contributed by atoms with van der Waals surface area (Å²) in [7, 11) is 3.56. The van der Waals surface area contributed by atoms with Gasteiger partial charge in [0.25, 0.3) is 0 Å². The van der Waals surface area contributed by atoms with Crippen LogP contribution in [-0.4, -0.2) is 41.6 Å². The van der Waals surface area contributed by atoms with Gasteiger partial charge in [-0.15, -0.1) is 0 Å². The predicted octanol–water partition coefficient (Wildman–Crippen LogP) is 2.58. The van der Waals surface area contributed by atoms with Crippen molar-refractivity contribution in [2.75, 3.05) is 14.2 Å². The number of rotatable bonds is 4. The Bertz CT molecular complexity index is 755. The Balaban J connectivity index is 1.60. The first-order valence-electron chi connectivity index (χ1n) is 8.07. The summed E-state index contributed by atoms with van der Waals surface area (Å²) < 4.78 is 8.54. The molecule has 7 heteroatoms. The molecule has 2 unspecified atom stereocenters. The van der Waals surface area contributed by atoms with Gasteiger partial charge in [-0.25, -0.2) is 4.98 Å². The van der Waals surface area contributed by atoms with E-state index in [-0.39, 0.29) is 5.41 Å². The number of imidazole rings is 1. The SMILES string of the molecule is CN=C(NCc1cn2cc(Br)ccc2n1)NC1CC(OC)C1(C)C. The number of halogens is 1. The summed E-state index contributed by atoms with van der Waals surface area (Å²) in [5.41, 5.74) is 2.00. The fraction of sp³-hybridized carbons (Fsp3) is 0.529. The van der Waals surface area contributed by atoms with E-state index in [2.05, 4.69) is 50.4 Å². The molecule has 0 bridgehead atoms. The summed E-state index contributed by atoms with van der Waals surface area (Å²) >= 11 is 3.47. The van der Waals surface area contributed by atoms with Crippen molar-refractivity contribution in [3.05, 3.63) is 34.7 Å². The molecule has 0 aliphatic heterocycles. The molecule has 0 aromatic carbocycles. The van der Waals surface area contributed by atoms with Gasteiger partial charge in [0, 0.05) is 42.5 Å². The Hall–Kier alpha value is -1.60. The molecule has 24 heavy (non-hydrogen) atoms. The van der Waals surface area contributed by atoms with Gasteiger partial charge in [-0.3, -0.25) is 4.99 Å². The molecule has 2 N–H and O–H groups in total. The molecule has 6 nitrogen and oxygen atoms in total. The van der Waals surface area contributed by atoms with E-state index in [0.717, 1.165) is 28.2 Å². The third-order valence-electron chi connectivity index (χ3n) is 4.90. The summed E-state index contributed by atoms with van der Waals surface area (Å²) in [6.45, 7) is 5.06. The Morgan fingerprint density at radius 1 is 1.46 bits per heavy atom. The zero-order valence-electron chi connectivity index (χ0n) is 14.5. The van der Waals surface area contributed by atoms with Crippen molar-refractivity contribution < 1.29 is 4.74 Å². The monoisotopic (exact) mass is 393 g/mol. The average molecular weight is 394 g/mol. The number of pyridine rings is 1. The highest BCUT2D eigenvalue weighted by Gasteiger charge is 2.48. The average Bonchev–Trinajstić information content (AvgIpc) is 2.95. The first kappa shape index (κ1) is 17.2. The second-order valence-electron chi connectivity index (χ2n) is 6.75. The molecule has 1 saturated carbocycles. The van der Waals surface area contributed by atoms with Gasteiger partial charge in [-0.2, -0.15) is 0 Å². The lowest BCUT2D eigenvalue weighted by Crippen LogP contribution is -2.63. The summed E-state index contributed by atoms with van der Waals surface area (Å²) in [6.07, 6.45) is 5.31. The quantitative estimate of drug-likeness (QED) is 0.618. The van der Waals surface area contributed by atoms with Gasteiger partial charge >= 0.3 is 0 Å². The van der Waals surface area contributed by atoms with E-state index in [9.17, 15) is 0 Å². The number of nitrogens with one attached hydrogen (secondary N) is 2. The van der Waals surface area contributed by atoms with Crippen LogP contribution in [-0.2, 0) is 11.3 Å². The van der Waals surface area contributed by atoms with Crippen LogP contribution in [0.2, 0.25) is 0 Å². The molecule has 1 aliphatic rings. The van der Waals surface area contributed by atoms with Crippen molar-refractivity contribution in [2.45, 2.75) is 39.0 Å². The van der Waals surface area contributed by atoms with Crippen LogP contribution in [0.1, 0.15) is 26.0 Å². The van der Waals surface area contributed by atoms with E-state index in [1.54, 1.807) is 14.2 Å². The lowest BCUT2D eigenvalue weighted by atomic mass is 9.64. The molecule has 3 rings (SSSR count). The van der Waals surface area contributed by atoms with Crippen LogP contribution in [0.3, 0.4) is 0 Å². The second-order valence-corrected chi connectivity index (χ2v) is 7.66. The summed E-state index contributed by atoms with van der Waals surface area (Å²) in [5, 5.41) is 6.83. The number of methoxy groups -OCH3 is 1. The third-order valence-corrected chi connectivity index (χ3v) is 5.37. The Labute approximate surface area is 150 Å². The number of hydrogen-bond donors (Lipinski definition) is 2. The highest BCUT2D eigenvalue weighted by molar-refractivity contribution is 9.10. The minimum absolute atomic E-state index is 0.0989. The highest BCUT2D eigenvalue weighted by atomic mass is 79.9. The van der Waals surface area contributed by atoms with Crippen molar-refractivity contribution in [1.82, 2.24) is 20.0 Å². The number of hydrogen-bond acceptors (Lipinski definition) is 3. The Morgan fingerprint density at radius 3 is 2.92 bits per heavy atom. The topological polar surface area (TPSA) is 63.0 Å². The standard InChI is InChI=1S/C17H24BrN5O/c1-17(2)13(7-14(17)24-4)22-16(19-3)20-8-12-10-23-9-11(18)5-6-15(23)21-12/h5-6,9-10,13-14H,7-8H2,1-4H3,(H2,19,20,22). The van der Waals surface area contributed by atoms with E-state index in [0.29, 0.717) is 18.7 Å². The third kappa shape index (κ3) is 3.28. The highest BCUT2D eigenvalue weighted by Crippen LogP contribution is 2.42. The number of guanidine groups is 1. The molecule has 2 aromatic heterocycles. The molecule has 0 spiro atoms. The molecule has 2 atom stereocenters. The minimum atomic E-state index is 0.0989. The number of nitrogens with zero attached hydrogens (tertiary/aromatic N) is 3. The molecular weight excluding hydrogens is 370 g/mol. The second kappa shape index (κ2) is 6.72. The zero-order chi connectivity index (χ0) is 17.3. The van der Waals surface area contributed by atoms with E-state index < -0.39 is 0 Å². The number of aromatic nitrogens is 2. The van der Waals surface area contributed by atoms with E-state index in [4.69, 9.17) is 4.74 Å². The Kier molecular flexibility index (Phi) is 4.83. The maximum Gasteiger partial charge on any atom is 0.191 e. The molecule has 1 aliphatic carbocycles. The molecule has 1 fully saturated rings. The summed E-state index contributed by atoms with van der Waals surface area (Å²) in [6, 6.07) is 4.33. The van der Waals surface area contributed by atoms with Gasteiger partial charge in [-0.05, 0) is 34.5 Å². The van der Waals surface area contributed by atoms with Crippen molar-refractivity contribution in [3.8, 4) is 0 Å². The molecule has 130 valence electrons. The first-order chi connectivity index (χ1) is 11.4. The van der Waals surface area contributed by atoms with Crippen molar-refractivity contribution in [3.63, 3.8) is 0 Å². The normalized spacial score (nSPS) is 23.1. The maximum atomic E-state index is 5.50. The number of aliphatic imine (C=N–C) groups is 1. The Morgan fingerprint density at radius 2 is 2.25 bits per heavy atom. The molecule has 0 amide bonds. The van der Waals surface area contributed by atoms with Crippen LogP contribution in [0, 0.1) is 5.41 Å². The fourth-order valence-corrected chi connectivity index (χ4v) is 3.52. The predicted molar refractivity (Wildman–Crippen MR) is 99.2 cm³/mol. The molecule has 0 radical (unpaired) electrons. The van der Waals surface area contributed by atoms with E-state index in [1.165, 1.54) is 0 Å². The molecule has 0 saturated heterocycles. The van der Waals surface area contributed by atoms with Crippen LogP contribution >= 0.6 is 15.9 Å². The number of ether oxygens (including phenoxy) is 1. The van der Waals surface area contributed by atoms with Crippen LogP contribution in [0.15, 0.2) is 34.0 Å². The number of fused-ring (bicyclic) bond motifs is 1. The van der Waals surface area contributed by atoms with Gasteiger partial charge < -0.3 is 19.8 Å². The van der Waals surface area contributed by atoms with Gasteiger partial charge in [-0.1, -0.05) is 13.8 Å². The molecular formula is C17H24BrN5O. The summed E-state index contributed by atoms with van der Waals surface area (Å²) in [4.78, 5) is 8.93. The van der Waals surface area contributed by atoms with Crippen LogP contribution < -0.4 is 10.6 Å². The van der Waals surface area contributed by atoms with Gasteiger partial charge in [0.15, 0.2) is 5.96 Å². The van der Waals surface area contributed by atoms with Crippen LogP contribution in [0.25, 0.3) is 5.65 Å². The van der Waals surface area contributed by atoms with Gasteiger partial charge in [0.1, 0.15) is 5.65 Å². The maximum absolute atomic E-state index is 5.50. The zero-order valence-corrected chi connectivity index (χ0v) is 16.1. The minimum Gasteiger partial charge on any atom is -0.381 e. The van der Waals surface area contributed by atoms with E-state index >= 15 is 0 Å². The fourth-order valence-electron chi connectivity index (χ4n) is 3.17. The first-order valence-corrected chi connectivity index (χ1v) is 8.86. The molecule has 2 aromatic rings. The van der Waals surface area contributed by atoms with Crippen LogP contribution in [0.4, 0.5) is 0 Å². The van der Waals surface area contributed by atoms with E-state index in [1.807, 2.05) is 28.9 Å². The molecule has 2 heterocycles. The van der Waals surface area contributed by atoms with Gasteiger partial charge in [0.2, 0.25) is 0 Å². The van der Waals surface area contributed by atoms with Crippen molar-refractivity contribution in [1.29, 1.82) is 0 Å². The lowest BCUT2D eigenvalue weighted by Gasteiger charge is -2.51. The lowest BCUT2D eigenvalue weighted by molar-refractivity contribution is -0.0922. The smallest absolute Gasteiger partial charge is 0.191 e. The largest absolute Gasteiger partial charge is 0.381 e.